The molecule has 34 heavy (non-hydrogen) atoms. The van der Waals surface area contributed by atoms with Gasteiger partial charge in [-0.15, -0.1) is 0 Å². The number of ether oxygens (including phenoxy) is 2. The van der Waals surface area contributed by atoms with Gasteiger partial charge in [-0.2, -0.15) is 0 Å². The van der Waals surface area contributed by atoms with Gasteiger partial charge in [0.2, 0.25) is 0 Å². The summed E-state index contributed by atoms with van der Waals surface area (Å²) < 4.78 is 38.1. The Bertz CT molecular complexity index is 1310. The van der Waals surface area contributed by atoms with Crippen molar-refractivity contribution in [1.82, 2.24) is 5.32 Å². The molecule has 0 saturated carbocycles. The largest absolute Gasteiger partial charge is 0.497 e. The highest BCUT2D eigenvalue weighted by molar-refractivity contribution is 7.92. The van der Waals surface area contributed by atoms with E-state index in [9.17, 15) is 23.3 Å². The van der Waals surface area contributed by atoms with E-state index in [1.54, 1.807) is 32.2 Å². The summed E-state index contributed by atoms with van der Waals surface area (Å²) in [5.41, 5.74) is 0.908. The number of nitro benzene ring substituents is 1. The number of benzene rings is 3. The molecule has 0 heterocycles. The number of methoxy groups -OCH3 is 2. The molecule has 1 atom stereocenters. The minimum absolute atomic E-state index is 0.200. The number of hydrogen-bond acceptors (Lipinski definition) is 7. The molecule has 0 saturated heterocycles. The summed E-state index contributed by atoms with van der Waals surface area (Å²) >= 11 is 0. The second kappa shape index (κ2) is 10.2. The van der Waals surface area contributed by atoms with Crippen molar-refractivity contribution in [2.24, 2.45) is 0 Å². The standard InChI is InChI=1S/C23H23N3O7S/c1-15(21-14-19(32-2)11-12-22(21)33-3)24-23(27)16-7-9-17(10-8-16)25-34(30,31)20-6-4-5-18(13-20)26(28)29/h4-15,25H,1-3H3,(H,24,27). The van der Waals surface area contributed by atoms with Crippen LogP contribution in [0.2, 0.25) is 0 Å². The highest BCUT2D eigenvalue weighted by Gasteiger charge is 2.19. The molecule has 178 valence electrons. The van der Waals surface area contributed by atoms with Crippen molar-refractivity contribution in [3.8, 4) is 11.5 Å². The molecule has 10 nitrogen and oxygen atoms in total. The lowest BCUT2D eigenvalue weighted by Crippen LogP contribution is -2.27. The van der Waals surface area contributed by atoms with E-state index in [4.69, 9.17) is 9.47 Å². The van der Waals surface area contributed by atoms with Gasteiger partial charge in [0.25, 0.3) is 21.6 Å². The molecule has 0 aliphatic carbocycles. The maximum absolute atomic E-state index is 12.7. The minimum atomic E-state index is -4.05. The van der Waals surface area contributed by atoms with Crippen molar-refractivity contribution in [3.05, 3.63) is 88.0 Å². The zero-order valence-corrected chi connectivity index (χ0v) is 19.5. The Morgan fingerprint density at radius 2 is 1.71 bits per heavy atom. The van der Waals surface area contributed by atoms with Crippen LogP contribution in [0, 0.1) is 10.1 Å². The van der Waals surface area contributed by atoms with Crippen LogP contribution in [0.4, 0.5) is 11.4 Å². The Morgan fingerprint density at radius 1 is 1.00 bits per heavy atom. The van der Waals surface area contributed by atoms with Crippen molar-refractivity contribution >= 4 is 27.3 Å². The van der Waals surface area contributed by atoms with Gasteiger partial charge in [-0.05, 0) is 55.5 Å². The molecule has 0 radical (unpaired) electrons. The number of carbonyl (C=O) groups excluding carboxylic acids is 1. The van der Waals surface area contributed by atoms with Gasteiger partial charge < -0.3 is 14.8 Å². The summed E-state index contributed by atoms with van der Waals surface area (Å²) in [4.78, 5) is 22.7. The molecule has 0 aliphatic heterocycles. The summed E-state index contributed by atoms with van der Waals surface area (Å²) in [5, 5.41) is 13.8. The van der Waals surface area contributed by atoms with Crippen LogP contribution in [0.15, 0.2) is 71.6 Å². The summed E-state index contributed by atoms with van der Waals surface area (Å²) in [6.07, 6.45) is 0. The van der Waals surface area contributed by atoms with E-state index in [0.29, 0.717) is 17.1 Å². The van der Waals surface area contributed by atoms with E-state index in [1.165, 1.54) is 49.6 Å². The van der Waals surface area contributed by atoms with Crippen LogP contribution in [0.25, 0.3) is 0 Å². The van der Waals surface area contributed by atoms with Gasteiger partial charge in [-0.3, -0.25) is 19.6 Å². The molecule has 0 bridgehead atoms. The zero-order valence-electron chi connectivity index (χ0n) is 18.6. The lowest BCUT2D eigenvalue weighted by Gasteiger charge is -2.18. The monoisotopic (exact) mass is 485 g/mol. The Kier molecular flexibility index (Phi) is 7.37. The maximum Gasteiger partial charge on any atom is 0.270 e. The Balaban J connectivity index is 1.72. The molecule has 3 aromatic rings. The van der Waals surface area contributed by atoms with Crippen molar-refractivity contribution in [3.63, 3.8) is 0 Å². The SMILES string of the molecule is COc1ccc(OC)c(C(C)NC(=O)c2ccc(NS(=O)(=O)c3cccc([N+](=O)[O-])c3)cc2)c1. The summed E-state index contributed by atoms with van der Waals surface area (Å²) in [5.74, 6) is 0.849. The quantitative estimate of drug-likeness (QED) is 0.346. The van der Waals surface area contributed by atoms with Gasteiger partial charge in [-0.25, -0.2) is 8.42 Å². The molecular formula is C23H23N3O7S. The lowest BCUT2D eigenvalue weighted by atomic mass is 10.1. The van der Waals surface area contributed by atoms with Crippen molar-refractivity contribution in [2.45, 2.75) is 17.9 Å². The first kappa shape index (κ1) is 24.5. The van der Waals surface area contributed by atoms with E-state index >= 15 is 0 Å². The van der Waals surface area contributed by atoms with Gasteiger partial charge in [0.05, 0.1) is 30.1 Å². The molecule has 0 aliphatic rings. The number of carbonyl (C=O) groups is 1. The third-order valence-electron chi connectivity index (χ3n) is 4.99. The Labute approximate surface area is 196 Å². The fraction of sp³-hybridized carbons (Fsp3) is 0.174. The number of sulfonamides is 1. The van der Waals surface area contributed by atoms with Crippen LogP contribution in [0.1, 0.15) is 28.9 Å². The van der Waals surface area contributed by atoms with Crippen LogP contribution in [-0.2, 0) is 10.0 Å². The highest BCUT2D eigenvalue weighted by Crippen LogP contribution is 2.29. The third kappa shape index (κ3) is 5.62. The highest BCUT2D eigenvalue weighted by atomic mass is 32.2. The van der Waals surface area contributed by atoms with Gasteiger partial charge >= 0.3 is 0 Å². The second-order valence-electron chi connectivity index (χ2n) is 7.24. The molecule has 2 N–H and O–H groups in total. The number of rotatable bonds is 9. The van der Waals surface area contributed by atoms with Crippen LogP contribution in [0.3, 0.4) is 0 Å². The predicted octanol–water partition coefficient (Wildman–Crippen LogP) is 3.90. The van der Waals surface area contributed by atoms with Crippen LogP contribution in [0.5, 0.6) is 11.5 Å². The molecule has 3 rings (SSSR count). The van der Waals surface area contributed by atoms with Gasteiger partial charge in [0.15, 0.2) is 0 Å². The number of nitrogens with zero attached hydrogens (tertiary/aromatic N) is 1. The second-order valence-corrected chi connectivity index (χ2v) is 8.92. The predicted molar refractivity (Wildman–Crippen MR) is 126 cm³/mol. The molecule has 0 aromatic heterocycles. The summed E-state index contributed by atoms with van der Waals surface area (Å²) in [6.45, 7) is 1.80. The molecule has 1 amide bonds. The number of amides is 1. The lowest BCUT2D eigenvalue weighted by molar-refractivity contribution is -0.385. The molecule has 0 fully saturated rings. The fourth-order valence-corrected chi connectivity index (χ4v) is 4.30. The Morgan fingerprint density at radius 3 is 2.32 bits per heavy atom. The first-order chi connectivity index (χ1) is 16.1. The van der Waals surface area contributed by atoms with Gasteiger partial charge in [0, 0.05) is 28.9 Å². The van der Waals surface area contributed by atoms with E-state index < -0.39 is 21.0 Å². The van der Waals surface area contributed by atoms with Crippen molar-refractivity contribution in [2.75, 3.05) is 18.9 Å². The summed E-state index contributed by atoms with van der Waals surface area (Å²) in [7, 11) is -0.972. The number of hydrogen-bond donors (Lipinski definition) is 2. The average molecular weight is 486 g/mol. The first-order valence-electron chi connectivity index (χ1n) is 10.0. The van der Waals surface area contributed by atoms with E-state index in [-0.39, 0.29) is 22.2 Å². The van der Waals surface area contributed by atoms with E-state index in [2.05, 4.69) is 10.0 Å². The fourth-order valence-electron chi connectivity index (χ4n) is 3.20. The minimum Gasteiger partial charge on any atom is -0.497 e. The molecular weight excluding hydrogens is 462 g/mol. The molecule has 11 heteroatoms. The van der Waals surface area contributed by atoms with Crippen molar-refractivity contribution in [1.29, 1.82) is 0 Å². The normalized spacial score (nSPS) is 11.9. The maximum atomic E-state index is 12.7. The number of anilines is 1. The molecule has 3 aromatic carbocycles. The van der Waals surface area contributed by atoms with Crippen LogP contribution < -0.4 is 19.5 Å². The molecule has 0 spiro atoms. The number of non-ortho nitro benzene ring substituents is 1. The number of nitro groups is 1. The topological polar surface area (TPSA) is 137 Å². The van der Waals surface area contributed by atoms with E-state index in [1.807, 2.05) is 0 Å². The smallest absolute Gasteiger partial charge is 0.270 e. The van der Waals surface area contributed by atoms with Gasteiger partial charge in [0.1, 0.15) is 11.5 Å². The number of nitrogens with one attached hydrogen (secondary N) is 2. The molecule has 1 unspecified atom stereocenters. The Hall–Kier alpha value is -4.12. The first-order valence-corrected chi connectivity index (χ1v) is 11.5. The third-order valence-corrected chi connectivity index (χ3v) is 6.37. The average Bonchev–Trinajstić information content (AvgIpc) is 2.83. The van der Waals surface area contributed by atoms with E-state index in [0.717, 1.165) is 11.6 Å². The van der Waals surface area contributed by atoms with Gasteiger partial charge in [-0.1, -0.05) is 6.07 Å². The van der Waals surface area contributed by atoms with Crippen molar-refractivity contribution < 1.29 is 27.6 Å². The summed E-state index contributed by atoms with van der Waals surface area (Å²) in [6, 6.07) is 15.4. The van der Waals surface area contributed by atoms with Crippen LogP contribution >= 0.6 is 0 Å². The zero-order chi connectivity index (χ0) is 24.9. The van der Waals surface area contributed by atoms with Crippen LogP contribution in [-0.4, -0.2) is 33.5 Å².